The van der Waals surface area contributed by atoms with Crippen LogP contribution in [-0.4, -0.2) is 15.0 Å². The Morgan fingerprint density at radius 2 is 0.804 bits per heavy atom. The van der Waals surface area contributed by atoms with Gasteiger partial charge in [0.1, 0.15) is 11.2 Å². The fourth-order valence-corrected chi connectivity index (χ4v) is 7.42. The van der Waals surface area contributed by atoms with E-state index in [4.69, 9.17) is 19.4 Å². The maximum absolute atomic E-state index is 6.64. The molecule has 264 valence electrons. The lowest BCUT2D eigenvalue weighted by molar-refractivity contribution is 0.669. The zero-order valence-electron chi connectivity index (χ0n) is 30.3. The number of para-hydroxylation sites is 1. The molecule has 0 amide bonds. The summed E-state index contributed by atoms with van der Waals surface area (Å²) in [6.07, 6.45) is 0. The van der Waals surface area contributed by atoms with E-state index in [0.29, 0.717) is 17.5 Å². The van der Waals surface area contributed by atoms with Crippen LogP contribution >= 0.6 is 0 Å². The molecule has 5 nitrogen and oxygen atoms in total. The number of hydrogen-bond acceptors (Lipinski definition) is 5. The molecule has 0 radical (unpaired) electrons. The summed E-state index contributed by atoms with van der Waals surface area (Å²) in [4.78, 5) is 17.1. The van der Waals surface area contributed by atoms with Crippen LogP contribution in [0.2, 0.25) is 0 Å². The van der Waals surface area contributed by atoms with Crippen LogP contribution in [0.4, 0.5) is 17.1 Å². The number of furan rings is 1. The molecule has 0 unspecified atom stereocenters. The molecule has 2 heterocycles. The van der Waals surface area contributed by atoms with Crippen molar-refractivity contribution in [2.75, 3.05) is 4.90 Å². The Hall–Kier alpha value is -7.63. The predicted molar refractivity (Wildman–Crippen MR) is 229 cm³/mol. The average Bonchev–Trinajstić information content (AvgIpc) is 3.66. The summed E-state index contributed by atoms with van der Waals surface area (Å²) >= 11 is 0. The normalized spacial score (nSPS) is 11.2. The monoisotopic (exact) mass is 718 g/mol. The lowest BCUT2D eigenvalue weighted by Crippen LogP contribution is -2.09. The number of anilines is 3. The number of fused-ring (bicyclic) bond motifs is 3. The Morgan fingerprint density at radius 1 is 0.321 bits per heavy atom. The van der Waals surface area contributed by atoms with Crippen LogP contribution in [0.25, 0.3) is 78.4 Å². The Labute approximate surface area is 324 Å². The molecule has 0 spiro atoms. The lowest BCUT2D eigenvalue weighted by atomic mass is 9.97. The van der Waals surface area contributed by atoms with E-state index in [0.717, 1.165) is 66.8 Å². The van der Waals surface area contributed by atoms with E-state index >= 15 is 0 Å². The molecule has 0 saturated carbocycles. The van der Waals surface area contributed by atoms with Gasteiger partial charge in [0.05, 0.1) is 0 Å². The number of nitrogens with zero attached hydrogens (tertiary/aromatic N) is 4. The summed E-state index contributed by atoms with van der Waals surface area (Å²) in [5.41, 5.74) is 12.1. The zero-order valence-corrected chi connectivity index (χ0v) is 30.3. The van der Waals surface area contributed by atoms with Gasteiger partial charge in [-0.05, 0) is 70.8 Å². The number of hydrogen-bond donors (Lipinski definition) is 0. The van der Waals surface area contributed by atoms with Gasteiger partial charge < -0.3 is 9.32 Å². The van der Waals surface area contributed by atoms with Gasteiger partial charge in [0.25, 0.3) is 0 Å². The Kier molecular flexibility index (Phi) is 8.43. The third-order valence-electron chi connectivity index (χ3n) is 10.1. The summed E-state index contributed by atoms with van der Waals surface area (Å²) in [7, 11) is 0. The van der Waals surface area contributed by atoms with Gasteiger partial charge in [-0.3, -0.25) is 0 Å². The molecule has 0 atom stereocenters. The zero-order chi connectivity index (χ0) is 37.3. The van der Waals surface area contributed by atoms with Crippen LogP contribution in [0.1, 0.15) is 0 Å². The van der Waals surface area contributed by atoms with Crippen molar-refractivity contribution in [1.82, 2.24) is 15.0 Å². The van der Waals surface area contributed by atoms with Gasteiger partial charge >= 0.3 is 0 Å². The highest BCUT2D eigenvalue weighted by molar-refractivity contribution is 6.13. The van der Waals surface area contributed by atoms with E-state index in [1.165, 1.54) is 11.1 Å². The van der Waals surface area contributed by atoms with Crippen molar-refractivity contribution in [2.45, 2.75) is 0 Å². The largest absolute Gasteiger partial charge is 0.456 e. The first-order chi connectivity index (χ1) is 27.7. The van der Waals surface area contributed by atoms with Crippen LogP contribution in [0, 0.1) is 0 Å². The van der Waals surface area contributed by atoms with Gasteiger partial charge in [-0.1, -0.05) is 152 Å². The number of benzene rings is 8. The maximum atomic E-state index is 6.64. The Morgan fingerprint density at radius 3 is 1.45 bits per heavy atom. The summed E-state index contributed by atoms with van der Waals surface area (Å²) in [6, 6.07) is 71.0. The molecule has 10 aromatic rings. The van der Waals surface area contributed by atoms with Crippen molar-refractivity contribution >= 4 is 39.0 Å². The molecule has 10 rings (SSSR count). The number of aromatic nitrogens is 3. The van der Waals surface area contributed by atoms with Crippen LogP contribution in [0.3, 0.4) is 0 Å². The van der Waals surface area contributed by atoms with E-state index in [1.807, 2.05) is 78.9 Å². The smallest absolute Gasteiger partial charge is 0.164 e. The molecule has 0 aliphatic heterocycles. The fourth-order valence-electron chi connectivity index (χ4n) is 7.42. The molecule has 0 aliphatic rings. The first kappa shape index (κ1) is 33.0. The van der Waals surface area contributed by atoms with Crippen molar-refractivity contribution in [2.24, 2.45) is 0 Å². The maximum Gasteiger partial charge on any atom is 0.164 e. The molecule has 0 saturated heterocycles. The Bertz CT molecular complexity index is 2890. The van der Waals surface area contributed by atoms with Gasteiger partial charge in [-0.15, -0.1) is 0 Å². The van der Waals surface area contributed by atoms with Crippen LogP contribution in [-0.2, 0) is 0 Å². The SMILES string of the molecule is c1ccc(-c2ccc(N(c3ccccc3)c3ccc4c(c3)oc3cccc(-c5cccc(-c6nc(-c7ccccc7)nc(-c7ccccc7)n6)c5)c34)cc2)cc1. The van der Waals surface area contributed by atoms with E-state index in [9.17, 15) is 0 Å². The quantitative estimate of drug-likeness (QED) is 0.157. The van der Waals surface area contributed by atoms with Crippen LogP contribution in [0.15, 0.2) is 211 Å². The average molecular weight is 719 g/mol. The van der Waals surface area contributed by atoms with E-state index in [2.05, 4.69) is 132 Å². The highest BCUT2D eigenvalue weighted by Gasteiger charge is 2.19. The third-order valence-corrected chi connectivity index (χ3v) is 10.1. The van der Waals surface area contributed by atoms with Crippen molar-refractivity contribution in [1.29, 1.82) is 0 Å². The predicted octanol–water partition coefficient (Wildman–Crippen LogP) is 13.6. The molecule has 8 aromatic carbocycles. The van der Waals surface area contributed by atoms with Crippen LogP contribution in [0.5, 0.6) is 0 Å². The number of rotatable bonds is 8. The van der Waals surface area contributed by atoms with Gasteiger partial charge in [-0.25, -0.2) is 15.0 Å². The van der Waals surface area contributed by atoms with Crippen molar-refractivity contribution in [3.8, 4) is 56.4 Å². The van der Waals surface area contributed by atoms with E-state index < -0.39 is 0 Å². The topological polar surface area (TPSA) is 55.1 Å². The fraction of sp³-hybridized carbons (Fsp3) is 0. The van der Waals surface area contributed by atoms with E-state index in [-0.39, 0.29) is 0 Å². The van der Waals surface area contributed by atoms with Crippen molar-refractivity contribution in [3.05, 3.63) is 206 Å². The van der Waals surface area contributed by atoms with Crippen molar-refractivity contribution in [3.63, 3.8) is 0 Å². The van der Waals surface area contributed by atoms with E-state index in [1.54, 1.807) is 0 Å². The van der Waals surface area contributed by atoms with Gasteiger partial charge in [0.2, 0.25) is 0 Å². The van der Waals surface area contributed by atoms with Crippen molar-refractivity contribution < 1.29 is 4.42 Å². The standard InChI is InChI=1S/C51H34N4O/c1-5-15-35(16-6-1)36-27-29-42(30-28-36)55(41-23-11-4-12-24-41)43-31-32-45-47(34-43)56-46-26-14-25-44(48(45)46)39-21-13-22-40(33-39)51-53-49(37-17-7-2-8-18-37)52-50(54-51)38-19-9-3-10-20-38/h1-34H. The van der Waals surface area contributed by atoms with Gasteiger partial charge in [-0.2, -0.15) is 0 Å². The molecular weight excluding hydrogens is 685 g/mol. The second-order valence-electron chi connectivity index (χ2n) is 13.7. The minimum absolute atomic E-state index is 0.617. The van der Waals surface area contributed by atoms with Crippen LogP contribution < -0.4 is 4.90 Å². The molecular formula is C51H34N4O. The second-order valence-corrected chi connectivity index (χ2v) is 13.7. The third kappa shape index (κ3) is 6.27. The summed E-state index contributed by atoms with van der Waals surface area (Å²) in [6.45, 7) is 0. The summed E-state index contributed by atoms with van der Waals surface area (Å²) in [5.74, 6) is 1.89. The minimum atomic E-state index is 0.617. The molecule has 2 aromatic heterocycles. The van der Waals surface area contributed by atoms with Gasteiger partial charge in [0.15, 0.2) is 17.5 Å². The molecule has 0 aliphatic carbocycles. The lowest BCUT2D eigenvalue weighted by Gasteiger charge is -2.25. The molecule has 5 heteroatoms. The minimum Gasteiger partial charge on any atom is -0.456 e. The summed E-state index contributed by atoms with van der Waals surface area (Å²) < 4.78 is 6.64. The highest BCUT2D eigenvalue weighted by atomic mass is 16.3. The Balaban J connectivity index is 1.06. The first-order valence-electron chi connectivity index (χ1n) is 18.7. The molecule has 0 fully saturated rings. The molecule has 0 bridgehead atoms. The summed E-state index contributed by atoms with van der Waals surface area (Å²) in [5, 5.41) is 2.12. The highest BCUT2D eigenvalue weighted by Crippen LogP contribution is 2.42. The van der Waals surface area contributed by atoms with Gasteiger partial charge in [0, 0.05) is 50.6 Å². The molecule has 56 heavy (non-hydrogen) atoms. The molecule has 0 N–H and O–H groups in total. The first-order valence-corrected chi connectivity index (χ1v) is 18.7. The second kappa shape index (κ2) is 14.3.